The molecule has 3 N–H and O–H groups in total. The Morgan fingerprint density at radius 2 is 2.11 bits per heavy atom. The summed E-state index contributed by atoms with van der Waals surface area (Å²) in [5.74, 6) is 0.645. The number of amides is 1. The molecule has 4 nitrogen and oxygen atoms in total. The van der Waals surface area contributed by atoms with Gasteiger partial charge >= 0.3 is 0 Å². The average Bonchev–Trinajstić information content (AvgIpc) is 2.37. The van der Waals surface area contributed by atoms with Crippen LogP contribution >= 0.6 is 12.4 Å². The molecule has 1 amide bonds. The van der Waals surface area contributed by atoms with E-state index in [1.54, 1.807) is 7.11 Å². The molecule has 1 rings (SSSR count). The van der Waals surface area contributed by atoms with Crippen molar-refractivity contribution < 1.29 is 9.53 Å². The normalized spacial score (nSPS) is 13.1. The van der Waals surface area contributed by atoms with Crippen LogP contribution in [0.15, 0.2) is 18.2 Å². The van der Waals surface area contributed by atoms with Gasteiger partial charge in [0.15, 0.2) is 0 Å². The molecule has 1 aromatic carbocycles. The van der Waals surface area contributed by atoms with Crippen molar-refractivity contribution in [2.45, 2.75) is 39.3 Å². The zero-order valence-electron chi connectivity index (χ0n) is 11.9. The smallest absolute Gasteiger partial charge is 0.237 e. The standard InChI is InChI=1S/C14H22N2O2.ClH/c1-5-12(15)14(17)16-10(3)11-8-9(2)6-7-13(11)18-4;/h6-8,10,12H,5,15H2,1-4H3,(H,16,17);1H/t10?,12-;/m0./s1. The third-order valence-electron chi connectivity index (χ3n) is 2.99. The molecule has 0 saturated heterocycles. The van der Waals surface area contributed by atoms with Crippen LogP contribution in [0.25, 0.3) is 0 Å². The zero-order chi connectivity index (χ0) is 13.7. The monoisotopic (exact) mass is 286 g/mol. The molecule has 0 saturated carbocycles. The lowest BCUT2D eigenvalue weighted by molar-refractivity contribution is -0.123. The summed E-state index contributed by atoms with van der Waals surface area (Å²) in [6.45, 7) is 5.83. The maximum Gasteiger partial charge on any atom is 0.237 e. The highest BCUT2D eigenvalue weighted by Gasteiger charge is 2.17. The minimum atomic E-state index is -0.455. The number of carbonyl (C=O) groups is 1. The van der Waals surface area contributed by atoms with Crippen LogP contribution < -0.4 is 15.8 Å². The van der Waals surface area contributed by atoms with E-state index in [1.165, 1.54) is 0 Å². The van der Waals surface area contributed by atoms with Crippen LogP contribution in [0.4, 0.5) is 0 Å². The van der Waals surface area contributed by atoms with E-state index in [9.17, 15) is 4.79 Å². The molecule has 0 aliphatic rings. The lowest BCUT2D eigenvalue weighted by Crippen LogP contribution is -2.41. The topological polar surface area (TPSA) is 64.4 Å². The predicted molar refractivity (Wildman–Crippen MR) is 79.8 cm³/mol. The molecule has 0 spiro atoms. The lowest BCUT2D eigenvalue weighted by atomic mass is 10.0. The van der Waals surface area contributed by atoms with Crippen LogP contribution in [0, 0.1) is 6.92 Å². The van der Waals surface area contributed by atoms with Gasteiger partial charge in [-0.2, -0.15) is 0 Å². The van der Waals surface area contributed by atoms with E-state index in [2.05, 4.69) is 5.32 Å². The van der Waals surface area contributed by atoms with Crippen molar-refractivity contribution in [1.82, 2.24) is 5.32 Å². The van der Waals surface area contributed by atoms with Gasteiger partial charge < -0.3 is 15.8 Å². The molecule has 5 heteroatoms. The molecule has 0 fully saturated rings. The summed E-state index contributed by atoms with van der Waals surface area (Å²) in [7, 11) is 1.63. The molecule has 0 bridgehead atoms. The summed E-state index contributed by atoms with van der Waals surface area (Å²) < 4.78 is 5.31. The fourth-order valence-electron chi connectivity index (χ4n) is 1.78. The van der Waals surface area contributed by atoms with E-state index in [4.69, 9.17) is 10.5 Å². The van der Waals surface area contributed by atoms with Crippen LogP contribution in [0.5, 0.6) is 5.75 Å². The van der Waals surface area contributed by atoms with Crippen molar-refractivity contribution in [1.29, 1.82) is 0 Å². The van der Waals surface area contributed by atoms with E-state index < -0.39 is 6.04 Å². The summed E-state index contributed by atoms with van der Waals surface area (Å²) in [6, 6.07) is 5.33. The van der Waals surface area contributed by atoms with E-state index >= 15 is 0 Å². The number of methoxy groups -OCH3 is 1. The van der Waals surface area contributed by atoms with Gasteiger partial charge in [0.2, 0.25) is 5.91 Å². The van der Waals surface area contributed by atoms with Crippen molar-refractivity contribution in [3.8, 4) is 5.75 Å². The second kappa shape index (κ2) is 8.02. The number of hydrogen-bond donors (Lipinski definition) is 2. The van der Waals surface area contributed by atoms with Crippen LogP contribution in [0.1, 0.15) is 37.4 Å². The minimum Gasteiger partial charge on any atom is -0.496 e. The molecule has 108 valence electrons. The Balaban J connectivity index is 0.00000324. The second-order valence-electron chi connectivity index (χ2n) is 4.49. The fraction of sp³-hybridized carbons (Fsp3) is 0.500. The Labute approximate surface area is 121 Å². The highest BCUT2D eigenvalue weighted by atomic mass is 35.5. The van der Waals surface area contributed by atoms with Gasteiger partial charge in [-0.15, -0.1) is 12.4 Å². The molecular formula is C14H23ClN2O2. The van der Waals surface area contributed by atoms with E-state index in [-0.39, 0.29) is 24.4 Å². The third kappa shape index (κ3) is 4.73. The summed E-state index contributed by atoms with van der Waals surface area (Å²) in [4.78, 5) is 11.8. The molecule has 19 heavy (non-hydrogen) atoms. The second-order valence-corrected chi connectivity index (χ2v) is 4.49. The SMILES string of the molecule is CC[C@H](N)C(=O)NC(C)c1cc(C)ccc1OC.Cl. The minimum absolute atomic E-state index is 0. The number of ether oxygens (including phenoxy) is 1. The van der Waals surface area contributed by atoms with Gasteiger partial charge in [0.05, 0.1) is 19.2 Å². The van der Waals surface area contributed by atoms with Gasteiger partial charge in [0.25, 0.3) is 0 Å². The Hall–Kier alpha value is -1.26. The largest absolute Gasteiger partial charge is 0.496 e. The van der Waals surface area contributed by atoms with Crippen molar-refractivity contribution in [2.75, 3.05) is 7.11 Å². The van der Waals surface area contributed by atoms with Crippen molar-refractivity contribution in [2.24, 2.45) is 5.73 Å². The summed E-state index contributed by atoms with van der Waals surface area (Å²) in [5.41, 5.74) is 7.80. The Morgan fingerprint density at radius 3 is 2.63 bits per heavy atom. The first-order valence-electron chi connectivity index (χ1n) is 6.20. The van der Waals surface area contributed by atoms with Gasteiger partial charge in [0, 0.05) is 5.56 Å². The maximum absolute atomic E-state index is 11.8. The third-order valence-corrected chi connectivity index (χ3v) is 2.99. The zero-order valence-corrected chi connectivity index (χ0v) is 12.7. The molecule has 1 unspecified atom stereocenters. The summed E-state index contributed by atoms with van der Waals surface area (Å²) in [6.07, 6.45) is 0.628. The van der Waals surface area contributed by atoms with Gasteiger partial charge in [-0.1, -0.05) is 24.6 Å². The van der Waals surface area contributed by atoms with Crippen LogP contribution in [0.2, 0.25) is 0 Å². The predicted octanol–water partition coefficient (Wildman–Crippen LogP) is 2.34. The highest BCUT2D eigenvalue weighted by Crippen LogP contribution is 2.26. The number of nitrogens with two attached hydrogens (primary N) is 1. The Morgan fingerprint density at radius 1 is 1.47 bits per heavy atom. The molecule has 0 aromatic heterocycles. The fourth-order valence-corrected chi connectivity index (χ4v) is 1.78. The summed E-state index contributed by atoms with van der Waals surface area (Å²) in [5, 5.41) is 2.90. The molecule has 0 heterocycles. The first kappa shape index (κ1) is 17.7. The van der Waals surface area contributed by atoms with Gasteiger partial charge in [0.1, 0.15) is 5.75 Å². The van der Waals surface area contributed by atoms with Crippen LogP contribution in [-0.2, 0) is 4.79 Å². The van der Waals surface area contributed by atoms with E-state index in [1.807, 2.05) is 39.0 Å². The average molecular weight is 287 g/mol. The van der Waals surface area contributed by atoms with Crippen molar-refractivity contribution in [3.05, 3.63) is 29.3 Å². The molecule has 2 atom stereocenters. The quantitative estimate of drug-likeness (QED) is 0.873. The number of halogens is 1. The van der Waals surface area contributed by atoms with Gasteiger partial charge in [-0.25, -0.2) is 0 Å². The number of hydrogen-bond acceptors (Lipinski definition) is 3. The van der Waals surface area contributed by atoms with Crippen LogP contribution in [0.3, 0.4) is 0 Å². The van der Waals surface area contributed by atoms with Gasteiger partial charge in [-0.05, 0) is 26.3 Å². The Bertz CT molecular complexity index is 424. The summed E-state index contributed by atoms with van der Waals surface area (Å²) >= 11 is 0. The number of nitrogens with one attached hydrogen (secondary N) is 1. The lowest BCUT2D eigenvalue weighted by Gasteiger charge is -2.19. The van der Waals surface area contributed by atoms with Crippen molar-refractivity contribution >= 4 is 18.3 Å². The number of rotatable bonds is 5. The Kier molecular flexibility index (Phi) is 7.49. The molecular weight excluding hydrogens is 264 g/mol. The van der Waals surface area contributed by atoms with Gasteiger partial charge in [-0.3, -0.25) is 4.79 Å². The highest BCUT2D eigenvalue weighted by molar-refractivity contribution is 5.85. The van der Waals surface area contributed by atoms with E-state index in [0.717, 1.165) is 16.9 Å². The molecule has 1 aromatic rings. The van der Waals surface area contributed by atoms with E-state index in [0.29, 0.717) is 6.42 Å². The van der Waals surface area contributed by atoms with Crippen molar-refractivity contribution in [3.63, 3.8) is 0 Å². The number of aryl methyl sites for hydroxylation is 1. The molecule has 0 aliphatic heterocycles. The first-order chi connectivity index (χ1) is 8.49. The molecule has 0 radical (unpaired) electrons. The first-order valence-corrected chi connectivity index (χ1v) is 6.20. The number of carbonyl (C=O) groups excluding carboxylic acids is 1. The van der Waals surface area contributed by atoms with Crippen LogP contribution in [-0.4, -0.2) is 19.1 Å². The number of benzene rings is 1. The maximum atomic E-state index is 11.8. The molecule has 0 aliphatic carbocycles.